The van der Waals surface area contributed by atoms with Gasteiger partial charge < -0.3 is 44.8 Å². The Morgan fingerprint density at radius 3 is 2.05 bits per heavy atom. The van der Waals surface area contributed by atoms with Crippen LogP contribution in [0.3, 0.4) is 0 Å². The van der Waals surface area contributed by atoms with Crippen molar-refractivity contribution < 1.29 is 59.2 Å². The standard InChI is InChI=1S/C28H30O12/c1-4-28(37)9-13(40-27-25(35)24(34)19(29)10(2)39-27)14-15(18(28)26(36)38-3)23(33)17-16(22(14)32)20(30)11-7-5-6-8-12(11)21(17)31/h5-8,10,13,18-19,24-25,27,29,32-35,37H,4,9H2,1-3H3/t10-,13-,18-,19-,24+,25+,27-,28+/m0/s1. The number of ketones is 2. The van der Waals surface area contributed by atoms with Gasteiger partial charge in [-0.3, -0.25) is 14.4 Å². The highest BCUT2D eigenvalue weighted by Crippen LogP contribution is 2.57. The van der Waals surface area contributed by atoms with Crippen molar-refractivity contribution in [1.29, 1.82) is 0 Å². The maximum Gasteiger partial charge on any atom is 0.316 e. The SMILES string of the molecule is CC[C@@]1(O)C[C@H](O[C@@H]2O[C@@H](C)[C@H](O)[C@@H](O)[C@H]2O)c2c(O)c3c(c(O)c2[C@H]1C(=O)OC)C(=O)c1ccccc1C3=O. The number of phenolic OH excluding ortho intramolecular Hbond substituents is 2. The highest BCUT2D eigenvalue weighted by molar-refractivity contribution is 6.30. The lowest BCUT2D eigenvalue weighted by atomic mass is 9.66. The summed E-state index contributed by atoms with van der Waals surface area (Å²) in [6.45, 7) is 2.99. The van der Waals surface area contributed by atoms with Gasteiger partial charge in [0.15, 0.2) is 17.9 Å². The van der Waals surface area contributed by atoms with Gasteiger partial charge in [0.05, 0.1) is 36.0 Å². The van der Waals surface area contributed by atoms with E-state index >= 15 is 0 Å². The second-order valence-electron chi connectivity index (χ2n) is 10.4. The van der Waals surface area contributed by atoms with Crippen molar-refractivity contribution in [2.45, 2.75) is 75.0 Å². The van der Waals surface area contributed by atoms with Crippen LogP contribution in [0.4, 0.5) is 0 Å². The Morgan fingerprint density at radius 1 is 0.975 bits per heavy atom. The number of phenols is 2. The summed E-state index contributed by atoms with van der Waals surface area (Å²) < 4.78 is 16.4. The van der Waals surface area contributed by atoms with E-state index in [1.807, 2.05) is 0 Å². The topological polar surface area (TPSA) is 200 Å². The molecule has 1 heterocycles. The predicted molar refractivity (Wildman–Crippen MR) is 134 cm³/mol. The van der Waals surface area contributed by atoms with Crippen LogP contribution in [0, 0.1) is 0 Å². The minimum atomic E-state index is -1.95. The first-order valence-electron chi connectivity index (χ1n) is 12.8. The number of esters is 1. The third kappa shape index (κ3) is 3.94. The van der Waals surface area contributed by atoms with Crippen LogP contribution in [0.2, 0.25) is 0 Å². The molecule has 0 radical (unpaired) electrons. The number of aliphatic hydroxyl groups excluding tert-OH is 3. The lowest BCUT2D eigenvalue weighted by Gasteiger charge is -2.46. The summed E-state index contributed by atoms with van der Waals surface area (Å²) in [5.41, 5.74) is -3.67. The van der Waals surface area contributed by atoms with E-state index in [1.165, 1.54) is 31.2 Å². The predicted octanol–water partition coefficient (Wildman–Crippen LogP) is 0.560. The number of rotatable bonds is 4. The van der Waals surface area contributed by atoms with Gasteiger partial charge in [-0.2, -0.15) is 0 Å². The Balaban J connectivity index is 1.75. The van der Waals surface area contributed by atoms with Gasteiger partial charge in [0.25, 0.3) is 0 Å². The lowest BCUT2D eigenvalue weighted by molar-refractivity contribution is -0.309. The second kappa shape index (κ2) is 9.91. The molecule has 12 nitrogen and oxygen atoms in total. The minimum Gasteiger partial charge on any atom is -0.507 e. The van der Waals surface area contributed by atoms with Gasteiger partial charge in [0, 0.05) is 28.7 Å². The summed E-state index contributed by atoms with van der Waals surface area (Å²) in [6.07, 6.45) is -9.33. The summed E-state index contributed by atoms with van der Waals surface area (Å²) in [7, 11) is 1.07. The van der Waals surface area contributed by atoms with Crippen LogP contribution in [0.15, 0.2) is 24.3 Å². The molecule has 5 rings (SSSR count). The number of hydrogen-bond donors (Lipinski definition) is 6. The smallest absolute Gasteiger partial charge is 0.316 e. The van der Waals surface area contributed by atoms with Crippen molar-refractivity contribution >= 4 is 17.5 Å². The van der Waals surface area contributed by atoms with Gasteiger partial charge in [0.2, 0.25) is 0 Å². The number of ether oxygens (including phenoxy) is 3. The molecule has 40 heavy (non-hydrogen) atoms. The van der Waals surface area contributed by atoms with Crippen LogP contribution in [-0.2, 0) is 19.0 Å². The van der Waals surface area contributed by atoms with E-state index in [9.17, 15) is 45.0 Å². The Hall–Kier alpha value is -3.39. The fourth-order valence-electron chi connectivity index (χ4n) is 5.99. The van der Waals surface area contributed by atoms with Gasteiger partial charge in [-0.25, -0.2) is 0 Å². The number of methoxy groups -OCH3 is 1. The monoisotopic (exact) mass is 558 g/mol. The molecule has 2 aliphatic carbocycles. The second-order valence-corrected chi connectivity index (χ2v) is 10.4. The largest absolute Gasteiger partial charge is 0.507 e. The van der Waals surface area contributed by atoms with Crippen LogP contribution in [0.5, 0.6) is 11.5 Å². The van der Waals surface area contributed by atoms with E-state index in [4.69, 9.17) is 14.2 Å². The van der Waals surface area contributed by atoms with Crippen molar-refractivity contribution in [2.75, 3.05) is 7.11 Å². The Morgan fingerprint density at radius 2 is 1.52 bits per heavy atom. The molecule has 0 aromatic heterocycles. The average molecular weight is 559 g/mol. The van der Waals surface area contributed by atoms with Crippen LogP contribution < -0.4 is 0 Å². The molecule has 8 atom stereocenters. The molecule has 0 amide bonds. The fraction of sp³-hybridized carbons (Fsp3) is 0.464. The zero-order valence-electron chi connectivity index (χ0n) is 21.9. The van der Waals surface area contributed by atoms with Crippen molar-refractivity contribution in [3.8, 4) is 11.5 Å². The minimum absolute atomic E-state index is 0.00511. The molecule has 1 saturated heterocycles. The number of carbonyl (C=O) groups is 3. The van der Waals surface area contributed by atoms with Crippen LogP contribution >= 0.6 is 0 Å². The lowest BCUT2D eigenvalue weighted by Crippen LogP contribution is -2.58. The highest BCUT2D eigenvalue weighted by Gasteiger charge is 2.55. The quantitative estimate of drug-likeness (QED) is 0.192. The number of hydrogen-bond acceptors (Lipinski definition) is 12. The zero-order chi connectivity index (χ0) is 29.3. The summed E-state index contributed by atoms with van der Waals surface area (Å²) in [6, 6.07) is 5.86. The maximum atomic E-state index is 13.5. The molecule has 1 aliphatic heterocycles. The summed E-state index contributed by atoms with van der Waals surface area (Å²) in [5, 5.41) is 65.7. The number of fused-ring (bicyclic) bond motifs is 3. The highest BCUT2D eigenvalue weighted by atomic mass is 16.7. The molecule has 6 N–H and O–H groups in total. The zero-order valence-corrected chi connectivity index (χ0v) is 21.9. The van der Waals surface area contributed by atoms with Gasteiger partial charge in [-0.05, 0) is 13.3 Å². The van der Waals surface area contributed by atoms with Gasteiger partial charge >= 0.3 is 5.97 Å². The molecule has 2 aromatic carbocycles. The number of benzene rings is 2. The first-order valence-corrected chi connectivity index (χ1v) is 12.8. The van der Waals surface area contributed by atoms with E-state index in [2.05, 4.69) is 0 Å². The number of carbonyl (C=O) groups excluding carboxylic acids is 3. The Bertz CT molecular complexity index is 1400. The molecule has 1 fully saturated rings. The summed E-state index contributed by atoms with van der Waals surface area (Å²) in [4.78, 5) is 40.1. The Labute approximate surface area is 228 Å². The molecule has 2 aromatic rings. The molecule has 0 unspecified atom stereocenters. The number of aliphatic hydroxyl groups is 4. The van der Waals surface area contributed by atoms with E-state index in [0.29, 0.717) is 0 Å². The molecule has 3 aliphatic rings. The molecule has 0 saturated carbocycles. The van der Waals surface area contributed by atoms with Crippen molar-refractivity contribution in [1.82, 2.24) is 0 Å². The molecule has 214 valence electrons. The van der Waals surface area contributed by atoms with E-state index < -0.39 is 94.9 Å². The summed E-state index contributed by atoms with van der Waals surface area (Å²) >= 11 is 0. The van der Waals surface area contributed by atoms with Gasteiger partial charge in [0.1, 0.15) is 35.7 Å². The Kier molecular flexibility index (Phi) is 6.97. The third-order valence-corrected chi connectivity index (χ3v) is 8.24. The third-order valence-electron chi connectivity index (χ3n) is 8.24. The first kappa shape index (κ1) is 28.1. The van der Waals surface area contributed by atoms with Crippen LogP contribution in [0.1, 0.15) is 81.7 Å². The van der Waals surface area contributed by atoms with E-state index in [1.54, 1.807) is 6.92 Å². The van der Waals surface area contributed by atoms with Crippen molar-refractivity contribution in [2.24, 2.45) is 0 Å². The first-order chi connectivity index (χ1) is 18.9. The molecular weight excluding hydrogens is 528 g/mol. The molecule has 0 bridgehead atoms. The van der Waals surface area contributed by atoms with Gasteiger partial charge in [-0.1, -0.05) is 31.2 Å². The van der Waals surface area contributed by atoms with E-state index in [-0.39, 0.29) is 28.7 Å². The number of aromatic hydroxyl groups is 2. The van der Waals surface area contributed by atoms with Crippen molar-refractivity contribution in [3.05, 3.63) is 57.6 Å². The van der Waals surface area contributed by atoms with Gasteiger partial charge in [-0.15, -0.1) is 0 Å². The normalized spacial score (nSPS) is 33.1. The fourth-order valence-corrected chi connectivity index (χ4v) is 5.99. The van der Waals surface area contributed by atoms with Crippen LogP contribution in [0.25, 0.3) is 0 Å². The maximum absolute atomic E-state index is 13.5. The van der Waals surface area contributed by atoms with Crippen LogP contribution in [-0.4, -0.2) is 91.6 Å². The van der Waals surface area contributed by atoms with E-state index in [0.717, 1.165) is 7.11 Å². The average Bonchev–Trinajstić information content (AvgIpc) is 2.94. The van der Waals surface area contributed by atoms with Crippen molar-refractivity contribution in [3.63, 3.8) is 0 Å². The summed E-state index contributed by atoms with van der Waals surface area (Å²) in [5.74, 6) is -5.67. The molecule has 12 heteroatoms. The molecule has 0 spiro atoms. The molecular formula is C28H30O12.